The highest BCUT2D eigenvalue weighted by Gasteiger charge is 2.30. The van der Waals surface area contributed by atoms with E-state index >= 15 is 0 Å². The molecule has 2 aliphatic rings. The molecule has 2 N–H and O–H groups in total. The second-order valence-electron chi connectivity index (χ2n) is 8.07. The Kier molecular flexibility index (Phi) is 5.77. The van der Waals surface area contributed by atoms with E-state index in [9.17, 15) is 9.59 Å². The van der Waals surface area contributed by atoms with Gasteiger partial charge in [0.15, 0.2) is 11.0 Å². The predicted octanol–water partition coefficient (Wildman–Crippen LogP) is 6.00. The number of hydrogen-bond acceptors (Lipinski definition) is 7. The summed E-state index contributed by atoms with van der Waals surface area (Å²) in [4.78, 5) is 32.7. The number of nitrogens with one attached hydrogen (secondary N) is 2. The molecule has 4 aromatic carbocycles. The lowest BCUT2D eigenvalue weighted by molar-refractivity contribution is -0.126. The summed E-state index contributed by atoms with van der Waals surface area (Å²) in [6.45, 7) is -0.0225. The van der Waals surface area contributed by atoms with Crippen LogP contribution < -0.4 is 10.7 Å². The summed E-state index contributed by atoms with van der Waals surface area (Å²) in [5.74, 6) is 0.0450. The monoisotopic (exact) mass is 496 g/mol. The highest BCUT2D eigenvalue weighted by Crippen LogP contribution is 2.45. The van der Waals surface area contributed by atoms with Crippen LogP contribution in [0.4, 0.5) is 17.1 Å². The molecule has 35 heavy (non-hydrogen) atoms. The summed E-state index contributed by atoms with van der Waals surface area (Å²) < 4.78 is 0. The molecule has 0 aromatic heterocycles. The average molecular weight is 497 g/mol. The number of amides is 1. The Hall–Kier alpha value is -3.59. The summed E-state index contributed by atoms with van der Waals surface area (Å²) in [7, 11) is 0. The number of carbonyl (C=O) groups is 2. The summed E-state index contributed by atoms with van der Waals surface area (Å²) in [6, 6.07) is 27.6. The van der Waals surface area contributed by atoms with E-state index in [1.807, 2.05) is 78.9 Å². The van der Waals surface area contributed by atoms with Crippen LogP contribution in [0.25, 0.3) is 10.8 Å². The quantitative estimate of drug-likeness (QED) is 0.291. The number of carbonyl (C=O) groups excluding carboxylic acids is 2. The Morgan fingerprint density at radius 3 is 2.66 bits per heavy atom. The van der Waals surface area contributed by atoms with E-state index in [-0.39, 0.29) is 24.0 Å². The van der Waals surface area contributed by atoms with Gasteiger partial charge in [-0.3, -0.25) is 9.59 Å². The third kappa shape index (κ3) is 4.20. The molecule has 0 spiro atoms. The van der Waals surface area contributed by atoms with Gasteiger partial charge in [0.2, 0.25) is 0 Å². The molecule has 0 saturated carbocycles. The third-order valence-electron chi connectivity index (χ3n) is 5.84. The molecule has 6 nitrogen and oxygen atoms in total. The fourth-order valence-corrected chi connectivity index (χ4v) is 6.01. The maximum Gasteiger partial charge on any atom is 0.253 e. The molecule has 172 valence electrons. The minimum Gasteiger partial charge on any atom is -0.353 e. The Morgan fingerprint density at radius 2 is 1.71 bits per heavy atom. The van der Waals surface area contributed by atoms with E-state index in [1.165, 1.54) is 16.8 Å². The molecule has 4 aromatic rings. The molecule has 0 aliphatic carbocycles. The second kappa shape index (κ2) is 9.22. The van der Waals surface area contributed by atoms with Gasteiger partial charge in [0.05, 0.1) is 29.4 Å². The van der Waals surface area contributed by atoms with Crippen LogP contribution >= 0.6 is 23.5 Å². The molecule has 0 atom stereocenters. The van der Waals surface area contributed by atoms with Crippen LogP contribution in [0, 0.1) is 0 Å². The summed E-state index contributed by atoms with van der Waals surface area (Å²) in [5.41, 5.74) is 6.18. The van der Waals surface area contributed by atoms with Gasteiger partial charge in [-0.1, -0.05) is 78.1 Å². The zero-order valence-electron chi connectivity index (χ0n) is 18.5. The maximum atomic E-state index is 13.2. The molecule has 1 fully saturated rings. The van der Waals surface area contributed by atoms with Gasteiger partial charge in [0.1, 0.15) is 0 Å². The van der Waals surface area contributed by atoms with Gasteiger partial charge in [-0.05, 0) is 35.7 Å². The summed E-state index contributed by atoms with van der Waals surface area (Å²) >= 11 is 3.00. The Bertz CT molecular complexity index is 1510. The molecule has 2 heterocycles. The number of benzene rings is 4. The number of para-hydroxylation sites is 2. The van der Waals surface area contributed by atoms with Crippen molar-refractivity contribution in [3.63, 3.8) is 0 Å². The fraction of sp³-hybridized carbons (Fsp3) is 0.0741. The van der Waals surface area contributed by atoms with E-state index in [0.717, 1.165) is 37.6 Å². The summed E-state index contributed by atoms with van der Waals surface area (Å²) in [5, 5.41) is 7.44. The van der Waals surface area contributed by atoms with Crippen LogP contribution in [-0.2, 0) is 4.79 Å². The average Bonchev–Trinajstić information content (AvgIpc) is 3.24. The van der Waals surface area contributed by atoms with Gasteiger partial charge >= 0.3 is 0 Å². The SMILES string of the molecule is O=C(CNN1C(=O)CSC1=Nc1cccc2ccccc12)c1cccc2c1Nc1ccccc1S2. The first-order chi connectivity index (χ1) is 17.2. The predicted molar refractivity (Wildman–Crippen MR) is 143 cm³/mol. The number of anilines is 2. The number of Topliss-reactive ketones (excluding diaryl/α,β-unsaturated/α-hetero) is 1. The van der Waals surface area contributed by atoms with Crippen LogP contribution in [0.3, 0.4) is 0 Å². The van der Waals surface area contributed by atoms with Gasteiger partial charge in [0.25, 0.3) is 5.91 Å². The first-order valence-electron chi connectivity index (χ1n) is 11.1. The van der Waals surface area contributed by atoms with Crippen LogP contribution in [-0.4, -0.2) is 34.2 Å². The van der Waals surface area contributed by atoms with E-state index in [2.05, 4.69) is 16.8 Å². The molecule has 6 rings (SSSR count). The van der Waals surface area contributed by atoms with Crippen molar-refractivity contribution in [3.8, 4) is 0 Å². The molecule has 2 aliphatic heterocycles. The minimum atomic E-state index is -0.125. The van der Waals surface area contributed by atoms with Crippen molar-refractivity contribution in [1.82, 2.24) is 10.4 Å². The lowest BCUT2D eigenvalue weighted by Crippen LogP contribution is -2.44. The Balaban J connectivity index is 1.23. The second-order valence-corrected chi connectivity index (χ2v) is 10.1. The number of ketones is 1. The zero-order valence-corrected chi connectivity index (χ0v) is 20.2. The normalized spacial score (nSPS) is 15.7. The number of aliphatic imine (C=N–C) groups is 1. The van der Waals surface area contributed by atoms with Crippen LogP contribution in [0.15, 0.2) is 99.7 Å². The topological polar surface area (TPSA) is 73.8 Å². The number of rotatable bonds is 5. The van der Waals surface area contributed by atoms with E-state index in [1.54, 1.807) is 11.8 Å². The Morgan fingerprint density at radius 1 is 0.943 bits per heavy atom. The van der Waals surface area contributed by atoms with Crippen molar-refractivity contribution in [2.24, 2.45) is 4.99 Å². The van der Waals surface area contributed by atoms with Gasteiger partial charge in [-0.15, -0.1) is 0 Å². The number of nitrogens with zero attached hydrogens (tertiary/aromatic N) is 2. The van der Waals surface area contributed by atoms with Gasteiger partial charge in [-0.2, -0.15) is 0 Å². The van der Waals surface area contributed by atoms with E-state index in [0.29, 0.717) is 10.7 Å². The molecule has 0 unspecified atom stereocenters. The zero-order chi connectivity index (χ0) is 23.8. The highest BCUT2D eigenvalue weighted by molar-refractivity contribution is 8.15. The molecule has 1 amide bonds. The summed E-state index contributed by atoms with van der Waals surface area (Å²) in [6.07, 6.45) is 0. The first-order valence-corrected chi connectivity index (χ1v) is 12.9. The minimum absolute atomic E-state index is 0.0225. The number of hydrogen-bond donors (Lipinski definition) is 2. The van der Waals surface area contributed by atoms with Crippen molar-refractivity contribution in [1.29, 1.82) is 0 Å². The number of amidine groups is 1. The molecule has 8 heteroatoms. The standard InChI is InChI=1S/C27H20N4O2S2/c32-22(19-10-6-14-24-26(19)29-21-11-3-4-13-23(21)35-24)15-28-31-25(33)16-34-27(31)30-20-12-5-8-17-7-1-2-9-18(17)20/h1-14,28-29H,15-16H2. The van der Waals surface area contributed by atoms with Gasteiger partial charge in [0, 0.05) is 20.7 Å². The van der Waals surface area contributed by atoms with Crippen LogP contribution in [0.5, 0.6) is 0 Å². The molecule has 0 bridgehead atoms. The van der Waals surface area contributed by atoms with E-state index < -0.39 is 0 Å². The van der Waals surface area contributed by atoms with Crippen LogP contribution in [0.1, 0.15) is 10.4 Å². The number of hydrazine groups is 1. The third-order valence-corrected chi connectivity index (χ3v) is 7.90. The molecular formula is C27H20N4O2S2. The van der Waals surface area contributed by atoms with Gasteiger partial charge in [-0.25, -0.2) is 15.4 Å². The fourth-order valence-electron chi connectivity index (χ4n) is 4.14. The van der Waals surface area contributed by atoms with Crippen molar-refractivity contribution >= 4 is 68.2 Å². The number of thioether (sulfide) groups is 1. The molecule has 0 radical (unpaired) electrons. The lowest BCUT2D eigenvalue weighted by atomic mass is 10.1. The number of fused-ring (bicyclic) bond motifs is 3. The van der Waals surface area contributed by atoms with Crippen molar-refractivity contribution < 1.29 is 9.59 Å². The maximum absolute atomic E-state index is 13.2. The molecular weight excluding hydrogens is 476 g/mol. The highest BCUT2D eigenvalue weighted by atomic mass is 32.2. The first kappa shape index (κ1) is 21.9. The van der Waals surface area contributed by atoms with E-state index in [4.69, 9.17) is 4.99 Å². The van der Waals surface area contributed by atoms with Crippen molar-refractivity contribution in [3.05, 3.63) is 90.5 Å². The van der Waals surface area contributed by atoms with Crippen molar-refractivity contribution in [2.75, 3.05) is 17.6 Å². The lowest BCUT2D eigenvalue weighted by Gasteiger charge is -2.23. The van der Waals surface area contributed by atoms with Crippen LogP contribution in [0.2, 0.25) is 0 Å². The van der Waals surface area contributed by atoms with Crippen molar-refractivity contribution in [2.45, 2.75) is 9.79 Å². The van der Waals surface area contributed by atoms with Gasteiger partial charge < -0.3 is 5.32 Å². The Labute approximate surface area is 210 Å². The smallest absolute Gasteiger partial charge is 0.253 e. The molecule has 1 saturated heterocycles. The largest absolute Gasteiger partial charge is 0.353 e.